The summed E-state index contributed by atoms with van der Waals surface area (Å²) in [5.41, 5.74) is 7.85. The molecule has 94 valence electrons. The summed E-state index contributed by atoms with van der Waals surface area (Å²) in [6.45, 7) is 2.07. The molecule has 0 aliphatic heterocycles. The molecule has 0 saturated carbocycles. The molecule has 0 fully saturated rings. The monoisotopic (exact) mass is 308 g/mol. The predicted molar refractivity (Wildman–Crippen MR) is 74.1 cm³/mol. The van der Waals surface area contributed by atoms with Crippen LogP contribution in [0.4, 0.5) is 11.4 Å². The molecule has 3 N–H and O–H groups in total. The Balaban J connectivity index is 2.03. The van der Waals surface area contributed by atoms with Gasteiger partial charge in [0.1, 0.15) is 6.54 Å². The Morgan fingerprint density at radius 1 is 1.50 bits per heavy atom. The molecule has 0 aliphatic rings. The number of amides is 1. The van der Waals surface area contributed by atoms with Crippen LogP contribution in [-0.4, -0.2) is 15.7 Å². The first kappa shape index (κ1) is 12.6. The van der Waals surface area contributed by atoms with Gasteiger partial charge in [0, 0.05) is 16.4 Å². The topological polar surface area (TPSA) is 72.9 Å². The van der Waals surface area contributed by atoms with Crippen molar-refractivity contribution < 1.29 is 4.79 Å². The molecule has 2 aromatic rings. The average molecular weight is 309 g/mol. The van der Waals surface area contributed by atoms with Crippen molar-refractivity contribution in [3.8, 4) is 0 Å². The number of carbonyl (C=O) groups is 1. The van der Waals surface area contributed by atoms with Crippen molar-refractivity contribution in [1.82, 2.24) is 9.78 Å². The van der Waals surface area contributed by atoms with Crippen LogP contribution < -0.4 is 11.1 Å². The Bertz CT molecular complexity index is 579. The Labute approximate surface area is 113 Å². The van der Waals surface area contributed by atoms with Crippen LogP contribution in [0.25, 0.3) is 0 Å². The molecule has 1 aromatic carbocycles. The van der Waals surface area contributed by atoms with Crippen molar-refractivity contribution in [3.05, 3.63) is 40.6 Å². The van der Waals surface area contributed by atoms with Gasteiger partial charge < -0.3 is 11.1 Å². The molecule has 0 radical (unpaired) electrons. The number of nitrogen functional groups attached to an aromatic ring is 1. The van der Waals surface area contributed by atoms with Crippen molar-refractivity contribution in [3.63, 3.8) is 0 Å². The zero-order valence-corrected chi connectivity index (χ0v) is 11.4. The van der Waals surface area contributed by atoms with Gasteiger partial charge in [-0.05, 0) is 47.1 Å². The molecule has 6 heteroatoms. The average Bonchev–Trinajstić information content (AvgIpc) is 2.68. The van der Waals surface area contributed by atoms with Gasteiger partial charge in [0.15, 0.2) is 0 Å². The summed E-state index contributed by atoms with van der Waals surface area (Å²) in [6.07, 6.45) is 1.77. The first-order valence-electron chi connectivity index (χ1n) is 5.39. The fourth-order valence-corrected chi connectivity index (χ4v) is 2.02. The van der Waals surface area contributed by atoms with Crippen LogP contribution in [0.1, 0.15) is 5.69 Å². The van der Waals surface area contributed by atoms with E-state index in [1.165, 1.54) is 0 Å². The Hall–Kier alpha value is -1.82. The summed E-state index contributed by atoms with van der Waals surface area (Å²) >= 11 is 3.35. The second-order valence-corrected chi connectivity index (χ2v) is 4.80. The third-order valence-electron chi connectivity index (χ3n) is 2.35. The minimum atomic E-state index is -0.136. The van der Waals surface area contributed by atoms with Crippen LogP contribution in [0.15, 0.2) is 34.9 Å². The van der Waals surface area contributed by atoms with Gasteiger partial charge in [-0.25, -0.2) is 0 Å². The molecule has 0 spiro atoms. The maximum Gasteiger partial charge on any atom is 0.246 e. The van der Waals surface area contributed by atoms with E-state index in [-0.39, 0.29) is 12.5 Å². The van der Waals surface area contributed by atoms with E-state index < -0.39 is 0 Å². The van der Waals surface area contributed by atoms with Crippen LogP contribution in [0.5, 0.6) is 0 Å². The largest absolute Gasteiger partial charge is 0.399 e. The van der Waals surface area contributed by atoms with E-state index in [9.17, 15) is 4.79 Å². The van der Waals surface area contributed by atoms with Gasteiger partial charge in [0.25, 0.3) is 0 Å². The summed E-state index contributed by atoms with van der Waals surface area (Å²) in [6, 6.07) is 7.09. The molecule has 18 heavy (non-hydrogen) atoms. The third kappa shape index (κ3) is 3.10. The maximum absolute atomic E-state index is 11.8. The summed E-state index contributed by atoms with van der Waals surface area (Å²) in [5, 5.41) is 6.95. The van der Waals surface area contributed by atoms with E-state index >= 15 is 0 Å². The molecule has 0 aliphatic carbocycles. The number of nitrogens with one attached hydrogen (secondary N) is 1. The highest BCUT2D eigenvalue weighted by molar-refractivity contribution is 9.10. The Kier molecular flexibility index (Phi) is 3.66. The highest BCUT2D eigenvalue weighted by Gasteiger charge is 2.07. The van der Waals surface area contributed by atoms with Gasteiger partial charge in [-0.2, -0.15) is 5.10 Å². The van der Waals surface area contributed by atoms with E-state index in [0.717, 1.165) is 10.2 Å². The number of nitrogens with two attached hydrogens (primary N) is 1. The van der Waals surface area contributed by atoms with Crippen molar-refractivity contribution >= 4 is 33.2 Å². The first-order chi connectivity index (χ1) is 8.54. The lowest BCUT2D eigenvalue weighted by atomic mass is 10.3. The van der Waals surface area contributed by atoms with Gasteiger partial charge in [-0.15, -0.1) is 0 Å². The number of carbonyl (C=O) groups excluding carboxylic acids is 1. The Morgan fingerprint density at radius 3 is 2.89 bits per heavy atom. The maximum atomic E-state index is 11.8. The lowest BCUT2D eigenvalue weighted by molar-refractivity contribution is -0.116. The van der Waals surface area contributed by atoms with Gasteiger partial charge >= 0.3 is 0 Å². The number of hydrogen-bond acceptors (Lipinski definition) is 3. The van der Waals surface area contributed by atoms with E-state index in [4.69, 9.17) is 5.73 Å². The zero-order valence-electron chi connectivity index (χ0n) is 9.85. The summed E-state index contributed by atoms with van der Waals surface area (Å²) in [7, 11) is 0. The van der Waals surface area contributed by atoms with Crippen LogP contribution in [-0.2, 0) is 11.3 Å². The number of anilines is 2. The van der Waals surface area contributed by atoms with E-state index in [2.05, 4.69) is 26.3 Å². The van der Waals surface area contributed by atoms with Crippen molar-refractivity contribution in [2.45, 2.75) is 13.5 Å². The molecule has 2 rings (SSSR count). The predicted octanol–water partition coefficient (Wildman–Crippen LogP) is 2.17. The smallest absolute Gasteiger partial charge is 0.246 e. The minimum absolute atomic E-state index is 0.136. The minimum Gasteiger partial charge on any atom is -0.399 e. The number of halogens is 1. The first-order valence-corrected chi connectivity index (χ1v) is 6.19. The van der Waals surface area contributed by atoms with Crippen LogP contribution >= 0.6 is 15.9 Å². The second kappa shape index (κ2) is 5.22. The Morgan fingerprint density at radius 2 is 2.28 bits per heavy atom. The highest BCUT2D eigenvalue weighted by Crippen LogP contribution is 2.24. The number of aromatic nitrogens is 2. The third-order valence-corrected chi connectivity index (χ3v) is 3.00. The van der Waals surface area contributed by atoms with Gasteiger partial charge in [-0.1, -0.05) is 0 Å². The number of hydrogen-bond donors (Lipinski definition) is 2. The molecule has 0 unspecified atom stereocenters. The lowest BCUT2D eigenvalue weighted by Gasteiger charge is -2.08. The normalized spacial score (nSPS) is 10.3. The molecule has 0 atom stereocenters. The quantitative estimate of drug-likeness (QED) is 0.854. The van der Waals surface area contributed by atoms with Gasteiger partial charge in [-0.3, -0.25) is 9.48 Å². The van der Waals surface area contributed by atoms with E-state index in [0.29, 0.717) is 11.4 Å². The van der Waals surface area contributed by atoms with Gasteiger partial charge in [0.2, 0.25) is 5.91 Å². The van der Waals surface area contributed by atoms with Crippen LogP contribution in [0, 0.1) is 6.92 Å². The number of benzene rings is 1. The lowest BCUT2D eigenvalue weighted by Crippen LogP contribution is -2.19. The van der Waals surface area contributed by atoms with E-state index in [1.807, 2.05) is 13.0 Å². The highest BCUT2D eigenvalue weighted by atomic mass is 79.9. The number of rotatable bonds is 3. The summed E-state index contributed by atoms with van der Waals surface area (Å²) in [4.78, 5) is 11.8. The second-order valence-electron chi connectivity index (χ2n) is 3.94. The zero-order chi connectivity index (χ0) is 13.1. The molecule has 1 aromatic heterocycles. The molecule has 1 amide bonds. The van der Waals surface area contributed by atoms with Gasteiger partial charge in [0.05, 0.1) is 11.4 Å². The fourth-order valence-electron chi connectivity index (χ4n) is 1.52. The van der Waals surface area contributed by atoms with Crippen LogP contribution in [0.3, 0.4) is 0 Å². The molecule has 0 saturated heterocycles. The SMILES string of the molecule is Cc1ccn(CC(=O)Nc2ccc(N)cc2Br)n1. The molecule has 0 bridgehead atoms. The molecule has 1 heterocycles. The van der Waals surface area contributed by atoms with Crippen molar-refractivity contribution in [2.75, 3.05) is 11.1 Å². The number of nitrogens with zero attached hydrogens (tertiary/aromatic N) is 2. The fraction of sp³-hybridized carbons (Fsp3) is 0.167. The number of aryl methyl sites for hydroxylation is 1. The summed E-state index contributed by atoms with van der Waals surface area (Å²) < 4.78 is 2.35. The van der Waals surface area contributed by atoms with Crippen molar-refractivity contribution in [2.24, 2.45) is 0 Å². The summed E-state index contributed by atoms with van der Waals surface area (Å²) in [5.74, 6) is -0.136. The molecule has 5 nitrogen and oxygen atoms in total. The van der Waals surface area contributed by atoms with Crippen molar-refractivity contribution in [1.29, 1.82) is 0 Å². The van der Waals surface area contributed by atoms with Crippen LogP contribution in [0.2, 0.25) is 0 Å². The molecular weight excluding hydrogens is 296 g/mol. The standard InChI is InChI=1S/C12H13BrN4O/c1-8-4-5-17(16-8)7-12(18)15-11-3-2-9(14)6-10(11)13/h2-6H,7,14H2,1H3,(H,15,18). The molecular formula is C12H13BrN4O. The van der Waals surface area contributed by atoms with E-state index in [1.54, 1.807) is 29.1 Å².